The highest BCUT2D eigenvalue weighted by Crippen LogP contribution is 2.23. The number of aliphatic hydroxyl groups excluding tert-OH is 1. The lowest BCUT2D eigenvalue weighted by Crippen LogP contribution is -2.40. The van der Waals surface area contributed by atoms with Gasteiger partial charge in [-0.2, -0.15) is 0 Å². The first-order valence-corrected chi connectivity index (χ1v) is 4.60. The molecule has 0 aliphatic heterocycles. The van der Waals surface area contributed by atoms with Gasteiger partial charge in [-0.15, -0.1) is 0 Å². The zero-order valence-electron chi connectivity index (χ0n) is 8.87. The van der Waals surface area contributed by atoms with Crippen LogP contribution in [0.15, 0.2) is 24.3 Å². The highest BCUT2D eigenvalue weighted by molar-refractivity contribution is 5.33. The summed E-state index contributed by atoms with van der Waals surface area (Å²) in [4.78, 5) is 0. The molecule has 0 heterocycles. The molecule has 0 aliphatic carbocycles. The fourth-order valence-electron chi connectivity index (χ4n) is 1.28. The van der Waals surface area contributed by atoms with Gasteiger partial charge < -0.3 is 15.2 Å². The third-order valence-corrected chi connectivity index (χ3v) is 2.57. The number of nitrogens with one attached hydrogen (secondary N) is 1. The van der Waals surface area contributed by atoms with Crippen molar-refractivity contribution in [3.8, 4) is 5.75 Å². The molecule has 0 spiro atoms. The number of hydrogen-bond acceptors (Lipinski definition) is 3. The molecule has 0 fully saturated rings. The topological polar surface area (TPSA) is 41.5 Å². The number of hydrogen-bond donors (Lipinski definition) is 2. The fraction of sp³-hybridized carbons (Fsp3) is 0.455. The van der Waals surface area contributed by atoms with Crippen molar-refractivity contribution in [1.82, 2.24) is 5.32 Å². The van der Waals surface area contributed by atoms with E-state index in [1.807, 2.05) is 38.2 Å². The van der Waals surface area contributed by atoms with E-state index < -0.39 is 5.54 Å². The maximum Gasteiger partial charge on any atom is 0.119 e. The van der Waals surface area contributed by atoms with Crippen molar-refractivity contribution in [2.24, 2.45) is 0 Å². The Bertz CT molecular complexity index is 295. The monoisotopic (exact) mass is 195 g/mol. The predicted molar refractivity (Wildman–Crippen MR) is 56.5 cm³/mol. The number of likely N-dealkylation sites (N-methyl/N-ethyl adjacent to an activating group) is 1. The van der Waals surface area contributed by atoms with Gasteiger partial charge in [0, 0.05) is 0 Å². The summed E-state index contributed by atoms with van der Waals surface area (Å²) in [6, 6.07) is 7.69. The van der Waals surface area contributed by atoms with E-state index in [1.165, 1.54) is 0 Å². The molecule has 0 saturated carbocycles. The Hall–Kier alpha value is -1.06. The Morgan fingerprint density at radius 1 is 1.50 bits per heavy atom. The lowest BCUT2D eigenvalue weighted by molar-refractivity contribution is 0.183. The summed E-state index contributed by atoms with van der Waals surface area (Å²) in [6.45, 7) is 2.00. The largest absolute Gasteiger partial charge is 0.497 e. The first-order chi connectivity index (χ1) is 6.66. The molecule has 0 aromatic heterocycles. The molecule has 2 N–H and O–H groups in total. The SMILES string of the molecule is CNC(C)(CO)c1cccc(OC)c1. The number of benzene rings is 1. The van der Waals surface area contributed by atoms with Crippen molar-refractivity contribution >= 4 is 0 Å². The average molecular weight is 195 g/mol. The van der Waals surface area contributed by atoms with Gasteiger partial charge in [0.05, 0.1) is 19.3 Å². The van der Waals surface area contributed by atoms with Crippen molar-refractivity contribution < 1.29 is 9.84 Å². The van der Waals surface area contributed by atoms with Crippen LogP contribution in [0.4, 0.5) is 0 Å². The number of ether oxygens (including phenoxy) is 1. The molecule has 0 saturated heterocycles. The Labute approximate surface area is 84.7 Å². The summed E-state index contributed by atoms with van der Waals surface area (Å²) in [7, 11) is 3.46. The van der Waals surface area contributed by atoms with Crippen molar-refractivity contribution in [2.75, 3.05) is 20.8 Å². The summed E-state index contributed by atoms with van der Waals surface area (Å²) >= 11 is 0. The molecule has 1 rings (SSSR count). The predicted octanol–water partition coefficient (Wildman–Crippen LogP) is 1.12. The van der Waals surface area contributed by atoms with E-state index >= 15 is 0 Å². The summed E-state index contributed by atoms with van der Waals surface area (Å²) in [5.74, 6) is 0.803. The molecule has 1 unspecified atom stereocenters. The van der Waals surface area contributed by atoms with Crippen molar-refractivity contribution in [3.05, 3.63) is 29.8 Å². The minimum atomic E-state index is -0.408. The highest BCUT2D eigenvalue weighted by Gasteiger charge is 2.23. The maximum absolute atomic E-state index is 9.30. The molecule has 14 heavy (non-hydrogen) atoms. The normalized spacial score (nSPS) is 14.9. The first-order valence-electron chi connectivity index (χ1n) is 4.60. The molecular formula is C11H17NO2. The minimum Gasteiger partial charge on any atom is -0.497 e. The van der Waals surface area contributed by atoms with E-state index in [4.69, 9.17) is 4.74 Å². The van der Waals surface area contributed by atoms with E-state index in [2.05, 4.69) is 5.32 Å². The molecule has 78 valence electrons. The summed E-state index contributed by atoms with van der Waals surface area (Å²) in [5.41, 5.74) is 0.607. The number of methoxy groups -OCH3 is 1. The van der Waals surface area contributed by atoms with Gasteiger partial charge >= 0.3 is 0 Å². The van der Waals surface area contributed by atoms with Gasteiger partial charge in [0.25, 0.3) is 0 Å². The molecular weight excluding hydrogens is 178 g/mol. The van der Waals surface area contributed by atoms with Crippen LogP contribution in [0, 0.1) is 0 Å². The second-order valence-electron chi connectivity index (χ2n) is 3.47. The van der Waals surface area contributed by atoms with Crippen LogP contribution in [0.1, 0.15) is 12.5 Å². The quantitative estimate of drug-likeness (QED) is 0.756. The van der Waals surface area contributed by atoms with Gasteiger partial charge in [-0.05, 0) is 31.7 Å². The maximum atomic E-state index is 9.30. The lowest BCUT2D eigenvalue weighted by atomic mass is 9.93. The van der Waals surface area contributed by atoms with Gasteiger partial charge in [0.1, 0.15) is 5.75 Å². The molecule has 1 aromatic carbocycles. The summed E-state index contributed by atoms with van der Waals surface area (Å²) in [5, 5.41) is 12.4. The minimum absolute atomic E-state index is 0.0522. The van der Waals surface area contributed by atoms with Gasteiger partial charge in [-0.3, -0.25) is 0 Å². The molecule has 3 heteroatoms. The van der Waals surface area contributed by atoms with E-state index in [0.29, 0.717) is 0 Å². The summed E-state index contributed by atoms with van der Waals surface area (Å²) in [6.07, 6.45) is 0. The average Bonchev–Trinajstić information content (AvgIpc) is 2.28. The second-order valence-corrected chi connectivity index (χ2v) is 3.47. The van der Waals surface area contributed by atoms with Crippen LogP contribution >= 0.6 is 0 Å². The van der Waals surface area contributed by atoms with Gasteiger partial charge in [0.2, 0.25) is 0 Å². The fourth-order valence-corrected chi connectivity index (χ4v) is 1.28. The standard InChI is InChI=1S/C11H17NO2/c1-11(8-13,12-2)9-5-4-6-10(7-9)14-3/h4-7,12-13H,8H2,1-3H3. The van der Waals surface area contributed by atoms with Gasteiger partial charge in [0.15, 0.2) is 0 Å². The van der Waals surface area contributed by atoms with Crippen LogP contribution in [0.5, 0.6) is 5.75 Å². The Morgan fingerprint density at radius 3 is 2.71 bits per heavy atom. The molecule has 1 atom stereocenters. The third kappa shape index (κ3) is 2.05. The van der Waals surface area contributed by atoms with Crippen LogP contribution in [0.3, 0.4) is 0 Å². The van der Waals surface area contributed by atoms with E-state index in [1.54, 1.807) is 7.11 Å². The van der Waals surface area contributed by atoms with Crippen molar-refractivity contribution in [1.29, 1.82) is 0 Å². The van der Waals surface area contributed by atoms with Crippen LogP contribution in [-0.2, 0) is 5.54 Å². The van der Waals surface area contributed by atoms with Crippen LogP contribution in [-0.4, -0.2) is 25.9 Å². The smallest absolute Gasteiger partial charge is 0.119 e. The van der Waals surface area contributed by atoms with Crippen LogP contribution in [0.2, 0.25) is 0 Å². The van der Waals surface area contributed by atoms with Gasteiger partial charge in [-0.25, -0.2) is 0 Å². The second kappa shape index (κ2) is 4.44. The molecule has 0 amide bonds. The zero-order valence-corrected chi connectivity index (χ0v) is 8.87. The molecule has 0 aliphatic rings. The molecule has 0 radical (unpaired) electrons. The molecule has 3 nitrogen and oxygen atoms in total. The molecule has 0 bridgehead atoms. The van der Waals surface area contributed by atoms with Gasteiger partial charge in [-0.1, -0.05) is 12.1 Å². The Kier molecular flexibility index (Phi) is 3.49. The number of rotatable bonds is 4. The highest BCUT2D eigenvalue weighted by atomic mass is 16.5. The van der Waals surface area contributed by atoms with Crippen molar-refractivity contribution in [2.45, 2.75) is 12.5 Å². The van der Waals surface area contributed by atoms with E-state index in [0.717, 1.165) is 11.3 Å². The Balaban J connectivity index is 3.04. The first kappa shape index (κ1) is 11.0. The van der Waals surface area contributed by atoms with Crippen molar-refractivity contribution in [3.63, 3.8) is 0 Å². The van der Waals surface area contributed by atoms with E-state index in [-0.39, 0.29) is 6.61 Å². The van der Waals surface area contributed by atoms with E-state index in [9.17, 15) is 5.11 Å². The Morgan fingerprint density at radius 2 is 2.21 bits per heavy atom. The third-order valence-electron chi connectivity index (χ3n) is 2.57. The van der Waals surface area contributed by atoms with Crippen LogP contribution in [0.25, 0.3) is 0 Å². The number of aliphatic hydroxyl groups is 1. The lowest BCUT2D eigenvalue weighted by Gasteiger charge is -2.27. The van der Waals surface area contributed by atoms with Crippen LogP contribution < -0.4 is 10.1 Å². The zero-order chi connectivity index (χ0) is 10.6. The molecule has 1 aromatic rings. The summed E-state index contributed by atoms with van der Waals surface area (Å²) < 4.78 is 5.13.